The highest BCUT2D eigenvalue weighted by Gasteiger charge is 2.39. The lowest BCUT2D eigenvalue weighted by Gasteiger charge is -2.37. The van der Waals surface area contributed by atoms with Gasteiger partial charge in [-0.05, 0) is 60.3 Å². The zero-order valence-electron chi connectivity index (χ0n) is 18.9. The van der Waals surface area contributed by atoms with Gasteiger partial charge in [0.05, 0.1) is 20.8 Å². The van der Waals surface area contributed by atoms with E-state index in [9.17, 15) is 5.11 Å². The first-order valence-electron chi connectivity index (χ1n) is 10.9. The molecule has 0 radical (unpaired) electrons. The quantitative estimate of drug-likeness (QED) is 0.538. The normalized spacial score (nSPS) is 19.1. The number of likely N-dealkylation sites (tertiary alicyclic amines) is 1. The highest BCUT2D eigenvalue weighted by molar-refractivity contribution is 5.49. The molecule has 1 aliphatic rings. The zero-order chi connectivity index (χ0) is 22.6. The Morgan fingerprint density at radius 1 is 0.812 bits per heavy atom. The van der Waals surface area contributed by atoms with Gasteiger partial charge in [0, 0.05) is 6.54 Å². The third-order valence-corrected chi connectivity index (χ3v) is 6.31. The van der Waals surface area contributed by atoms with Crippen LogP contribution < -0.4 is 9.47 Å². The summed E-state index contributed by atoms with van der Waals surface area (Å²) in [7, 11) is 5.28. The number of methoxy groups -OCH3 is 2. The summed E-state index contributed by atoms with van der Waals surface area (Å²) in [6, 6.07) is 26.4. The molecule has 0 aliphatic carbocycles. The van der Waals surface area contributed by atoms with Crippen LogP contribution in [0.2, 0.25) is 0 Å². The van der Waals surface area contributed by atoms with Gasteiger partial charge < -0.3 is 19.3 Å². The number of rotatable bonds is 8. The van der Waals surface area contributed by atoms with Crippen molar-refractivity contribution in [2.45, 2.75) is 18.2 Å². The summed E-state index contributed by atoms with van der Waals surface area (Å²) in [5.74, 6) is 1.84. The second-order valence-electron chi connectivity index (χ2n) is 8.34. The number of hydrogen-bond acceptors (Lipinski definition) is 5. The van der Waals surface area contributed by atoms with E-state index in [4.69, 9.17) is 14.2 Å². The number of nitrogens with zero attached hydrogens (tertiary/aromatic N) is 1. The second kappa shape index (κ2) is 9.74. The van der Waals surface area contributed by atoms with Crippen molar-refractivity contribution in [3.8, 4) is 11.5 Å². The molecular weight excluding hydrogens is 402 g/mol. The maximum Gasteiger partial charge on any atom is 0.143 e. The number of benzene rings is 3. The Labute approximate surface area is 190 Å². The summed E-state index contributed by atoms with van der Waals surface area (Å²) < 4.78 is 17.7. The Hall–Kier alpha value is -2.86. The van der Waals surface area contributed by atoms with Crippen molar-refractivity contribution in [3.05, 3.63) is 95.6 Å². The molecule has 3 aromatic rings. The SMILES string of the molecule is COc1ccc(C(OCC2CC(O)N(C)C2)(c2ccccc2)c2ccc(OC)cc2)cc1. The molecule has 0 bridgehead atoms. The molecule has 168 valence electrons. The summed E-state index contributed by atoms with van der Waals surface area (Å²) in [6.07, 6.45) is 0.281. The molecule has 0 amide bonds. The van der Waals surface area contributed by atoms with E-state index in [2.05, 4.69) is 36.4 Å². The van der Waals surface area contributed by atoms with E-state index in [1.54, 1.807) is 14.2 Å². The van der Waals surface area contributed by atoms with Crippen LogP contribution in [0.1, 0.15) is 23.1 Å². The van der Waals surface area contributed by atoms with E-state index < -0.39 is 11.8 Å². The van der Waals surface area contributed by atoms with Gasteiger partial charge in [-0.3, -0.25) is 4.90 Å². The van der Waals surface area contributed by atoms with Crippen LogP contribution in [0.3, 0.4) is 0 Å². The molecule has 1 fully saturated rings. The van der Waals surface area contributed by atoms with E-state index >= 15 is 0 Å². The van der Waals surface area contributed by atoms with Crippen molar-refractivity contribution in [1.82, 2.24) is 4.90 Å². The molecule has 1 saturated heterocycles. The van der Waals surface area contributed by atoms with Gasteiger partial charge in [-0.15, -0.1) is 0 Å². The monoisotopic (exact) mass is 433 g/mol. The fraction of sp³-hybridized carbons (Fsp3) is 0.333. The maximum absolute atomic E-state index is 10.2. The summed E-state index contributed by atoms with van der Waals surface area (Å²) in [5.41, 5.74) is 2.26. The Kier molecular flexibility index (Phi) is 6.80. The molecule has 0 spiro atoms. The largest absolute Gasteiger partial charge is 0.497 e. The lowest BCUT2D eigenvalue weighted by Crippen LogP contribution is -2.35. The second-order valence-corrected chi connectivity index (χ2v) is 8.34. The first-order chi connectivity index (χ1) is 15.6. The highest BCUT2D eigenvalue weighted by atomic mass is 16.5. The molecule has 3 aromatic carbocycles. The maximum atomic E-state index is 10.2. The Bertz CT molecular complexity index is 931. The Morgan fingerprint density at radius 3 is 1.75 bits per heavy atom. The number of hydrogen-bond donors (Lipinski definition) is 1. The van der Waals surface area contributed by atoms with Crippen LogP contribution in [0, 0.1) is 5.92 Å². The van der Waals surface area contributed by atoms with Crippen molar-refractivity contribution in [2.75, 3.05) is 34.4 Å². The fourth-order valence-corrected chi connectivity index (χ4v) is 4.52. The number of ether oxygens (including phenoxy) is 3. The van der Waals surface area contributed by atoms with Crippen LogP contribution in [0.5, 0.6) is 11.5 Å². The predicted molar refractivity (Wildman–Crippen MR) is 125 cm³/mol. The lowest BCUT2D eigenvalue weighted by atomic mass is 9.80. The molecule has 1 N–H and O–H groups in total. The fourth-order valence-electron chi connectivity index (χ4n) is 4.52. The van der Waals surface area contributed by atoms with Crippen LogP contribution in [-0.4, -0.2) is 50.7 Å². The van der Waals surface area contributed by atoms with Crippen LogP contribution in [0.25, 0.3) is 0 Å². The van der Waals surface area contributed by atoms with E-state index in [1.165, 1.54) is 0 Å². The third-order valence-electron chi connectivity index (χ3n) is 6.31. The van der Waals surface area contributed by atoms with Gasteiger partial charge in [-0.25, -0.2) is 0 Å². The first kappa shape index (κ1) is 22.3. The molecule has 1 heterocycles. The van der Waals surface area contributed by atoms with Crippen LogP contribution >= 0.6 is 0 Å². The molecule has 1 aliphatic heterocycles. The van der Waals surface area contributed by atoms with E-state index in [1.807, 2.05) is 54.4 Å². The molecule has 0 aromatic heterocycles. The van der Waals surface area contributed by atoms with Gasteiger partial charge in [0.1, 0.15) is 23.3 Å². The van der Waals surface area contributed by atoms with Gasteiger partial charge in [-0.2, -0.15) is 0 Å². The third kappa shape index (κ3) is 4.37. The average Bonchev–Trinajstić information content (AvgIpc) is 3.18. The molecule has 2 atom stereocenters. The van der Waals surface area contributed by atoms with Crippen LogP contribution in [0.4, 0.5) is 0 Å². The van der Waals surface area contributed by atoms with Gasteiger partial charge in [-0.1, -0.05) is 54.6 Å². The van der Waals surface area contributed by atoms with E-state index in [-0.39, 0.29) is 5.92 Å². The van der Waals surface area contributed by atoms with Crippen molar-refractivity contribution in [2.24, 2.45) is 5.92 Å². The van der Waals surface area contributed by atoms with Crippen LogP contribution in [-0.2, 0) is 10.3 Å². The summed E-state index contributed by atoms with van der Waals surface area (Å²) >= 11 is 0. The molecule has 4 rings (SSSR count). The Morgan fingerprint density at radius 2 is 1.31 bits per heavy atom. The molecule has 5 nitrogen and oxygen atoms in total. The van der Waals surface area contributed by atoms with Gasteiger partial charge >= 0.3 is 0 Å². The summed E-state index contributed by atoms with van der Waals surface area (Å²) in [5, 5.41) is 10.2. The molecule has 0 saturated carbocycles. The van der Waals surface area contributed by atoms with E-state index in [0.29, 0.717) is 13.0 Å². The summed E-state index contributed by atoms with van der Waals surface area (Å²) in [6.45, 7) is 1.33. The first-order valence-corrected chi connectivity index (χ1v) is 10.9. The Balaban J connectivity index is 1.82. The van der Waals surface area contributed by atoms with Crippen molar-refractivity contribution < 1.29 is 19.3 Å². The van der Waals surface area contributed by atoms with Gasteiger partial charge in [0.2, 0.25) is 0 Å². The van der Waals surface area contributed by atoms with Gasteiger partial charge in [0.15, 0.2) is 0 Å². The summed E-state index contributed by atoms with van der Waals surface area (Å²) in [4.78, 5) is 1.97. The smallest absolute Gasteiger partial charge is 0.143 e. The minimum Gasteiger partial charge on any atom is -0.497 e. The molecule has 32 heavy (non-hydrogen) atoms. The molecular formula is C27H31NO4. The minimum absolute atomic E-state index is 0.245. The minimum atomic E-state index is -0.814. The zero-order valence-corrected chi connectivity index (χ0v) is 18.9. The van der Waals surface area contributed by atoms with Crippen molar-refractivity contribution in [3.63, 3.8) is 0 Å². The molecule has 2 unspecified atom stereocenters. The number of aliphatic hydroxyl groups excluding tert-OH is 1. The lowest BCUT2D eigenvalue weighted by molar-refractivity contribution is -0.00725. The van der Waals surface area contributed by atoms with Gasteiger partial charge in [0.25, 0.3) is 0 Å². The number of aliphatic hydroxyl groups is 1. The highest BCUT2D eigenvalue weighted by Crippen LogP contribution is 2.42. The molecule has 5 heteroatoms. The average molecular weight is 434 g/mol. The van der Waals surface area contributed by atoms with Crippen LogP contribution in [0.15, 0.2) is 78.9 Å². The van der Waals surface area contributed by atoms with Crippen molar-refractivity contribution >= 4 is 0 Å². The predicted octanol–water partition coefficient (Wildman–Crippen LogP) is 4.28. The van der Waals surface area contributed by atoms with Crippen molar-refractivity contribution in [1.29, 1.82) is 0 Å². The standard InChI is InChI=1S/C27H31NO4/c1-28-18-20(17-26(28)29)19-32-27(21-7-5-4-6-8-21,22-9-13-24(30-2)14-10-22)23-11-15-25(31-3)16-12-23/h4-16,20,26,29H,17-19H2,1-3H3. The van der Waals surface area contributed by atoms with E-state index in [0.717, 1.165) is 34.7 Å². The topological polar surface area (TPSA) is 51.2 Å².